The van der Waals surface area contributed by atoms with E-state index in [0.29, 0.717) is 50.8 Å². The zero-order valence-electron chi connectivity index (χ0n) is 20.4. The average molecular weight is 506 g/mol. The van der Waals surface area contributed by atoms with Crippen molar-refractivity contribution in [1.82, 2.24) is 19.6 Å². The Morgan fingerprint density at radius 2 is 1.71 bits per heavy atom. The molecule has 0 amide bonds. The van der Waals surface area contributed by atoms with E-state index in [-0.39, 0.29) is 5.82 Å². The van der Waals surface area contributed by atoms with Gasteiger partial charge in [0.15, 0.2) is 17.2 Å². The summed E-state index contributed by atoms with van der Waals surface area (Å²) in [4.78, 5) is 24.8. The Kier molecular flexibility index (Phi) is 4.81. The Labute approximate surface area is 215 Å². The minimum absolute atomic E-state index is 0.334. The smallest absolute Gasteiger partial charge is 0.344 e. The fraction of sp³-hybridized carbons (Fsp3) is 0.103. The summed E-state index contributed by atoms with van der Waals surface area (Å²) in [5.74, 6) is 0.231. The number of nitrogens with zero attached hydrogens (tertiary/aromatic N) is 5. The second-order valence-corrected chi connectivity index (χ2v) is 9.32. The molecule has 3 aromatic carbocycles. The van der Waals surface area contributed by atoms with Gasteiger partial charge < -0.3 is 14.1 Å². The highest BCUT2D eigenvalue weighted by atomic mass is 19.1. The molecule has 1 unspecified atom stereocenters. The van der Waals surface area contributed by atoms with Crippen molar-refractivity contribution < 1.29 is 13.5 Å². The second kappa shape index (κ2) is 8.24. The van der Waals surface area contributed by atoms with Crippen molar-refractivity contribution in [1.29, 1.82) is 0 Å². The molecule has 0 aliphatic carbocycles. The number of hydrogen-bond donors (Lipinski definition) is 0. The van der Waals surface area contributed by atoms with Gasteiger partial charge in [0, 0.05) is 25.3 Å². The minimum Gasteiger partial charge on any atom is -0.437 e. The lowest BCUT2D eigenvalue weighted by molar-refractivity contribution is 0.422. The van der Waals surface area contributed by atoms with Crippen LogP contribution in [0.4, 0.5) is 10.1 Å². The number of para-hydroxylation sites is 1. The number of rotatable bonds is 3. The van der Waals surface area contributed by atoms with Crippen LogP contribution in [0.2, 0.25) is 0 Å². The molecule has 0 fully saturated rings. The molecule has 4 heterocycles. The molecule has 0 saturated heterocycles. The van der Waals surface area contributed by atoms with Gasteiger partial charge in [-0.05, 0) is 54.1 Å². The van der Waals surface area contributed by atoms with Crippen LogP contribution >= 0.6 is 0 Å². The number of anilines is 1. The number of aromatic nitrogens is 4. The molecule has 0 N–H and O–H groups in total. The molecule has 0 radical (unpaired) electrons. The molecule has 6 aromatic rings. The number of ether oxygens (including phenoxy) is 1. The fourth-order valence-corrected chi connectivity index (χ4v) is 4.95. The zero-order valence-corrected chi connectivity index (χ0v) is 20.4. The van der Waals surface area contributed by atoms with Gasteiger partial charge in [-0.3, -0.25) is 0 Å². The summed E-state index contributed by atoms with van der Waals surface area (Å²) >= 11 is 0. The van der Waals surface area contributed by atoms with Crippen LogP contribution in [0.1, 0.15) is 22.6 Å². The first-order chi connectivity index (χ1) is 18.5. The fourth-order valence-electron chi connectivity index (χ4n) is 4.95. The summed E-state index contributed by atoms with van der Waals surface area (Å²) in [7, 11) is 3.94. The maximum atomic E-state index is 13.5. The van der Waals surface area contributed by atoms with E-state index in [4.69, 9.17) is 14.1 Å². The summed E-state index contributed by atoms with van der Waals surface area (Å²) < 4.78 is 27.1. The number of benzene rings is 3. The van der Waals surface area contributed by atoms with Gasteiger partial charge in [0.1, 0.15) is 17.7 Å². The van der Waals surface area contributed by atoms with Gasteiger partial charge in [0.2, 0.25) is 5.88 Å². The summed E-state index contributed by atoms with van der Waals surface area (Å²) in [5.41, 5.74) is 3.91. The predicted molar refractivity (Wildman–Crippen MR) is 140 cm³/mol. The maximum Gasteiger partial charge on any atom is 0.344 e. The second-order valence-electron chi connectivity index (χ2n) is 9.32. The van der Waals surface area contributed by atoms with Gasteiger partial charge in [0.05, 0.1) is 22.4 Å². The average Bonchev–Trinajstić information content (AvgIpc) is 3.37. The van der Waals surface area contributed by atoms with Crippen molar-refractivity contribution in [3.05, 3.63) is 112 Å². The van der Waals surface area contributed by atoms with Gasteiger partial charge in [-0.25, -0.2) is 23.7 Å². The monoisotopic (exact) mass is 505 g/mol. The van der Waals surface area contributed by atoms with Crippen molar-refractivity contribution in [2.75, 3.05) is 19.0 Å². The van der Waals surface area contributed by atoms with Gasteiger partial charge >= 0.3 is 5.63 Å². The lowest BCUT2D eigenvalue weighted by Crippen LogP contribution is -2.22. The molecule has 3 aromatic heterocycles. The highest BCUT2D eigenvalue weighted by Gasteiger charge is 2.37. The van der Waals surface area contributed by atoms with Gasteiger partial charge in [0.25, 0.3) is 0 Å². The molecule has 0 saturated carbocycles. The first kappa shape index (κ1) is 22.2. The summed E-state index contributed by atoms with van der Waals surface area (Å²) in [5, 5.41) is 5.25. The van der Waals surface area contributed by atoms with Gasteiger partial charge in [-0.15, -0.1) is 5.10 Å². The zero-order chi connectivity index (χ0) is 26.0. The van der Waals surface area contributed by atoms with Crippen molar-refractivity contribution >= 4 is 22.3 Å². The molecule has 8 nitrogen and oxygen atoms in total. The van der Waals surface area contributed by atoms with E-state index in [9.17, 15) is 9.18 Å². The van der Waals surface area contributed by atoms with Crippen molar-refractivity contribution in [2.24, 2.45) is 0 Å². The van der Waals surface area contributed by atoms with Crippen LogP contribution in [0.25, 0.3) is 28.0 Å². The first-order valence-corrected chi connectivity index (χ1v) is 12.0. The molecule has 1 atom stereocenters. The van der Waals surface area contributed by atoms with Crippen LogP contribution in [0.3, 0.4) is 0 Å². The molecular weight excluding hydrogens is 485 g/mol. The molecule has 38 heavy (non-hydrogen) atoms. The van der Waals surface area contributed by atoms with Crippen LogP contribution in [0.5, 0.6) is 11.6 Å². The van der Waals surface area contributed by atoms with Crippen molar-refractivity contribution in [3.8, 4) is 23.0 Å². The highest BCUT2D eigenvalue weighted by Crippen LogP contribution is 2.49. The standard InChI is InChI=1S/C29H20FN5O3/c1-34(2)19-13-9-16(10-14-19)22-23-25(20-5-3-4-6-21(20)37-29(23)36)38-28-24(22)27-32-26(33-35(27)15-31-28)17-7-11-18(30)12-8-17/h3-15,22H,1-2H3. The number of halogens is 1. The van der Waals surface area contributed by atoms with E-state index in [1.165, 1.54) is 18.5 Å². The normalized spacial score (nSPS) is 14.2. The molecule has 1 aliphatic heterocycles. The third-order valence-corrected chi connectivity index (χ3v) is 6.81. The lowest BCUT2D eigenvalue weighted by Gasteiger charge is -2.27. The van der Waals surface area contributed by atoms with Gasteiger partial charge in [-0.1, -0.05) is 24.3 Å². The van der Waals surface area contributed by atoms with E-state index in [0.717, 1.165) is 11.3 Å². The Balaban J connectivity index is 1.51. The Hall–Kier alpha value is -5.05. The van der Waals surface area contributed by atoms with Crippen LogP contribution < -0.4 is 15.3 Å². The highest BCUT2D eigenvalue weighted by molar-refractivity contribution is 5.87. The largest absolute Gasteiger partial charge is 0.437 e. The van der Waals surface area contributed by atoms with E-state index < -0.39 is 11.5 Å². The molecule has 0 spiro atoms. The number of hydrogen-bond acceptors (Lipinski definition) is 7. The summed E-state index contributed by atoms with van der Waals surface area (Å²) in [6.45, 7) is 0. The predicted octanol–water partition coefficient (Wildman–Crippen LogP) is 5.39. The van der Waals surface area contributed by atoms with Gasteiger partial charge in [-0.2, -0.15) is 0 Å². The van der Waals surface area contributed by atoms with E-state index in [1.807, 2.05) is 55.4 Å². The topological polar surface area (TPSA) is 85.8 Å². The molecule has 1 aliphatic rings. The van der Waals surface area contributed by atoms with E-state index in [2.05, 4.69) is 10.1 Å². The third-order valence-electron chi connectivity index (χ3n) is 6.81. The first-order valence-electron chi connectivity index (χ1n) is 12.0. The number of fused-ring (bicyclic) bond motifs is 6. The molecule has 186 valence electrons. The Bertz CT molecular complexity index is 1910. The SMILES string of the molecule is CN(C)c1ccc(C2c3c(c4ccccc4oc3=O)Oc3ncn4nc(-c5ccc(F)cc5)nc4c32)cc1. The summed E-state index contributed by atoms with van der Waals surface area (Å²) in [6.07, 6.45) is 1.53. The maximum absolute atomic E-state index is 13.5. The van der Waals surface area contributed by atoms with Crippen molar-refractivity contribution in [3.63, 3.8) is 0 Å². The third kappa shape index (κ3) is 3.36. The van der Waals surface area contributed by atoms with E-state index >= 15 is 0 Å². The molecule has 9 heteroatoms. The lowest BCUT2D eigenvalue weighted by atomic mass is 9.84. The molecular formula is C29H20FN5O3. The van der Waals surface area contributed by atoms with Crippen LogP contribution in [0.15, 0.2) is 88.3 Å². The minimum atomic E-state index is -0.577. The quantitative estimate of drug-likeness (QED) is 0.298. The molecule has 0 bridgehead atoms. The Morgan fingerprint density at radius 1 is 0.947 bits per heavy atom. The van der Waals surface area contributed by atoms with Crippen LogP contribution in [-0.2, 0) is 0 Å². The van der Waals surface area contributed by atoms with Crippen LogP contribution in [0, 0.1) is 5.82 Å². The van der Waals surface area contributed by atoms with Crippen LogP contribution in [-0.4, -0.2) is 33.7 Å². The summed E-state index contributed by atoms with van der Waals surface area (Å²) in [6, 6.07) is 21.2. The Morgan fingerprint density at radius 3 is 2.47 bits per heavy atom. The molecule has 7 rings (SSSR count). The van der Waals surface area contributed by atoms with Crippen molar-refractivity contribution in [2.45, 2.75) is 5.92 Å². The van der Waals surface area contributed by atoms with E-state index in [1.54, 1.807) is 28.8 Å².